The summed E-state index contributed by atoms with van der Waals surface area (Å²) in [6.07, 6.45) is -2.22. The van der Waals surface area contributed by atoms with Crippen molar-refractivity contribution in [3.63, 3.8) is 0 Å². The van der Waals surface area contributed by atoms with Crippen LogP contribution in [0.5, 0.6) is 0 Å². The third-order valence-corrected chi connectivity index (χ3v) is 5.26. The molecule has 4 rings (SSSR count). The van der Waals surface area contributed by atoms with E-state index in [4.69, 9.17) is 16.3 Å². The number of alkyl halides is 3. The lowest BCUT2D eigenvalue weighted by atomic mass is 9.77. The number of nitrogens with zero attached hydrogens (tertiary/aromatic N) is 1. The number of hydrogen-bond donors (Lipinski definition) is 0. The lowest BCUT2D eigenvalue weighted by Crippen LogP contribution is -2.45. The van der Waals surface area contributed by atoms with E-state index in [0.717, 1.165) is 23.1 Å². The van der Waals surface area contributed by atoms with Crippen LogP contribution >= 0.6 is 11.6 Å². The number of aliphatic carboxylic acids is 1. The maximum absolute atomic E-state index is 13.0. The van der Waals surface area contributed by atoms with E-state index in [2.05, 4.69) is 0 Å². The highest BCUT2D eigenvalue weighted by Gasteiger charge is 2.65. The van der Waals surface area contributed by atoms with E-state index >= 15 is 0 Å². The normalized spacial score (nSPS) is 33.2. The van der Waals surface area contributed by atoms with Crippen molar-refractivity contribution in [1.82, 2.24) is 0 Å². The van der Waals surface area contributed by atoms with Crippen LogP contribution in [0.15, 0.2) is 30.4 Å². The first-order valence-corrected chi connectivity index (χ1v) is 7.78. The number of anilines is 1. The highest BCUT2D eigenvalue weighted by molar-refractivity contribution is 6.34. The van der Waals surface area contributed by atoms with Crippen molar-refractivity contribution in [2.24, 2.45) is 11.8 Å². The van der Waals surface area contributed by atoms with Crippen molar-refractivity contribution in [1.29, 1.82) is 0 Å². The maximum atomic E-state index is 13.0. The molecule has 3 aliphatic rings. The van der Waals surface area contributed by atoms with Gasteiger partial charge in [0.05, 0.1) is 34.8 Å². The first-order chi connectivity index (χ1) is 11.6. The number of rotatable bonds is 2. The summed E-state index contributed by atoms with van der Waals surface area (Å²) in [5.74, 6) is -4.28. The van der Waals surface area contributed by atoms with Crippen LogP contribution in [-0.4, -0.2) is 30.1 Å². The fourth-order valence-electron chi connectivity index (χ4n) is 3.87. The number of benzene rings is 1. The van der Waals surface area contributed by atoms with Gasteiger partial charge in [0.1, 0.15) is 5.60 Å². The van der Waals surface area contributed by atoms with Crippen molar-refractivity contribution < 1.29 is 32.6 Å². The van der Waals surface area contributed by atoms with Gasteiger partial charge in [0, 0.05) is 11.9 Å². The molecule has 0 radical (unpaired) electrons. The van der Waals surface area contributed by atoms with Crippen molar-refractivity contribution in [2.45, 2.75) is 17.9 Å². The van der Waals surface area contributed by atoms with Crippen LogP contribution in [0.4, 0.5) is 18.9 Å². The third-order valence-electron chi connectivity index (χ3n) is 4.94. The van der Waals surface area contributed by atoms with E-state index in [9.17, 15) is 27.9 Å². The molecular weight excluding hydrogens is 363 g/mol. The summed E-state index contributed by atoms with van der Waals surface area (Å²) in [6.45, 7) is -0.103. The highest BCUT2D eigenvalue weighted by Crippen LogP contribution is 2.53. The van der Waals surface area contributed by atoms with Gasteiger partial charge in [0.15, 0.2) is 0 Å². The molecule has 3 aliphatic heterocycles. The molecule has 2 saturated heterocycles. The molecule has 1 amide bonds. The van der Waals surface area contributed by atoms with Gasteiger partial charge in [-0.2, -0.15) is 13.2 Å². The minimum absolute atomic E-state index is 0.0405. The number of carbonyl (C=O) groups excluding carboxylic acids is 2. The fraction of sp³-hybridized carbons (Fsp3) is 0.375. The summed E-state index contributed by atoms with van der Waals surface area (Å²) in [5.41, 5.74) is -2.25. The van der Waals surface area contributed by atoms with Gasteiger partial charge in [0.25, 0.3) is 0 Å². The van der Waals surface area contributed by atoms with E-state index in [1.165, 1.54) is 0 Å². The Morgan fingerprint density at radius 2 is 2.12 bits per heavy atom. The molecule has 0 unspecified atom stereocenters. The van der Waals surface area contributed by atoms with Crippen LogP contribution in [-0.2, 0) is 20.5 Å². The van der Waals surface area contributed by atoms with Gasteiger partial charge in [-0.25, -0.2) is 0 Å². The summed E-state index contributed by atoms with van der Waals surface area (Å²) in [7, 11) is 0. The van der Waals surface area contributed by atoms with Crippen molar-refractivity contribution in [2.75, 3.05) is 11.4 Å². The Balaban J connectivity index is 1.76. The van der Waals surface area contributed by atoms with Gasteiger partial charge in [-0.1, -0.05) is 23.8 Å². The maximum Gasteiger partial charge on any atom is 0.416 e. The standard InChI is InChI=1S/C16H11ClF3NO4/c17-8-2-1-7(16(18,19)20)5-9(8)21-6-15-4-3-10(25-15)11(14(23)24)12(15)13(21)22/h1-5,10-12H,6H2,(H,23,24)/p-1/t10-,11-,12+,15+/m0/s1. The molecule has 2 fully saturated rings. The number of ether oxygens (including phenoxy) is 1. The van der Waals surface area contributed by atoms with Crippen molar-refractivity contribution in [3.8, 4) is 0 Å². The second-order valence-electron chi connectivity index (χ2n) is 6.31. The van der Waals surface area contributed by atoms with Crippen molar-refractivity contribution >= 4 is 29.2 Å². The summed E-state index contributed by atoms with van der Waals surface area (Å²) in [5, 5.41) is 11.4. The molecule has 1 spiro atoms. The number of hydrogen-bond acceptors (Lipinski definition) is 4. The average Bonchev–Trinajstić information content (AvgIpc) is 3.15. The van der Waals surface area contributed by atoms with Gasteiger partial charge in [0.2, 0.25) is 5.91 Å². The largest absolute Gasteiger partial charge is 0.550 e. The predicted octanol–water partition coefficient (Wildman–Crippen LogP) is 1.40. The molecule has 2 bridgehead atoms. The molecule has 3 heterocycles. The number of carbonyl (C=O) groups is 2. The molecule has 0 N–H and O–H groups in total. The number of fused-ring (bicyclic) bond motifs is 1. The quantitative estimate of drug-likeness (QED) is 0.736. The van der Waals surface area contributed by atoms with E-state index in [1.807, 2.05) is 0 Å². The lowest BCUT2D eigenvalue weighted by molar-refractivity contribution is -0.313. The van der Waals surface area contributed by atoms with Gasteiger partial charge < -0.3 is 19.5 Å². The molecule has 0 aliphatic carbocycles. The molecule has 9 heteroatoms. The topological polar surface area (TPSA) is 69.7 Å². The van der Waals surface area contributed by atoms with Crippen LogP contribution in [0.2, 0.25) is 5.02 Å². The predicted molar refractivity (Wildman–Crippen MR) is 77.5 cm³/mol. The molecule has 5 nitrogen and oxygen atoms in total. The van der Waals surface area contributed by atoms with Gasteiger partial charge in [-0.3, -0.25) is 4.79 Å². The van der Waals surface area contributed by atoms with Crippen LogP contribution in [0.25, 0.3) is 0 Å². The molecule has 0 saturated carbocycles. The van der Waals surface area contributed by atoms with Gasteiger partial charge in [-0.15, -0.1) is 0 Å². The van der Waals surface area contributed by atoms with Crippen LogP contribution in [0.3, 0.4) is 0 Å². The summed E-state index contributed by atoms with van der Waals surface area (Å²) in [6, 6.07) is 2.66. The molecular formula is C16H10ClF3NO4-. The van der Waals surface area contributed by atoms with Crippen LogP contribution in [0, 0.1) is 11.8 Å². The molecule has 4 atom stereocenters. The fourth-order valence-corrected chi connectivity index (χ4v) is 4.09. The first kappa shape index (κ1) is 16.4. The Labute approximate surface area is 144 Å². The van der Waals surface area contributed by atoms with E-state index in [0.29, 0.717) is 0 Å². The molecule has 1 aromatic carbocycles. The third kappa shape index (κ3) is 2.20. The Morgan fingerprint density at radius 3 is 2.76 bits per heavy atom. The molecule has 25 heavy (non-hydrogen) atoms. The summed E-state index contributed by atoms with van der Waals surface area (Å²) in [4.78, 5) is 25.2. The zero-order valence-corrected chi connectivity index (χ0v) is 13.2. The second kappa shape index (κ2) is 4.98. The molecule has 132 valence electrons. The highest BCUT2D eigenvalue weighted by atomic mass is 35.5. The van der Waals surface area contributed by atoms with Gasteiger partial charge in [-0.05, 0) is 18.2 Å². The molecule has 1 aromatic rings. The minimum Gasteiger partial charge on any atom is -0.550 e. The van der Waals surface area contributed by atoms with Gasteiger partial charge >= 0.3 is 6.18 Å². The second-order valence-corrected chi connectivity index (χ2v) is 6.71. The molecule has 0 aromatic heterocycles. The average molecular weight is 373 g/mol. The Hall–Kier alpha value is -2.06. The first-order valence-electron chi connectivity index (χ1n) is 7.40. The summed E-state index contributed by atoms with van der Waals surface area (Å²) >= 11 is 6.00. The van der Waals surface area contributed by atoms with E-state index in [-0.39, 0.29) is 17.3 Å². The minimum atomic E-state index is -4.60. The number of halogens is 4. The van der Waals surface area contributed by atoms with E-state index < -0.39 is 47.2 Å². The number of carboxylic acids is 1. The Bertz CT molecular complexity index is 824. The zero-order valence-electron chi connectivity index (χ0n) is 12.4. The SMILES string of the molecule is O=C([O-])[C@H]1[C@@H]2C=C[C@]3(CN(c4cc(C(F)(F)F)ccc4Cl)C(=O)[C@@H]13)O2. The smallest absolute Gasteiger partial charge is 0.416 e. The van der Waals surface area contributed by atoms with Crippen molar-refractivity contribution in [3.05, 3.63) is 40.9 Å². The Kier molecular flexibility index (Phi) is 3.27. The van der Waals surface area contributed by atoms with Crippen LogP contribution < -0.4 is 10.0 Å². The summed E-state index contributed by atoms with van der Waals surface area (Å²) < 4.78 is 44.5. The number of amides is 1. The van der Waals surface area contributed by atoms with E-state index in [1.54, 1.807) is 12.2 Å². The Morgan fingerprint density at radius 1 is 1.40 bits per heavy atom. The lowest BCUT2D eigenvalue weighted by Gasteiger charge is -2.24. The number of carboxylic acid groups (broad SMARTS) is 1. The zero-order chi connectivity index (χ0) is 18.1. The van der Waals surface area contributed by atoms with Crippen LogP contribution in [0.1, 0.15) is 5.56 Å². The monoisotopic (exact) mass is 372 g/mol.